The van der Waals surface area contributed by atoms with Crippen LogP contribution >= 0.6 is 0 Å². The minimum Gasteiger partial charge on any atom is -0.497 e. The van der Waals surface area contributed by atoms with Crippen LogP contribution in [-0.2, 0) is 24.3 Å². The molecular weight excluding hydrogens is 396 g/mol. The molecule has 2 rings (SSSR count). The minimum atomic E-state index is -3.69. The molecule has 1 aromatic rings. The molecule has 0 spiro atoms. The molecule has 1 saturated heterocycles. The molecular formula is C20H30N2O6S. The SMILES string of the molecule is CCOC(=O)C1CCN(C(=O)C(CC)N(c2ccc(OC)cc2)S(C)(=O)=O)CC1. The fourth-order valence-corrected chi connectivity index (χ4v) is 4.79. The second-order valence-electron chi connectivity index (χ2n) is 7.03. The van der Waals surface area contributed by atoms with Gasteiger partial charge in [0.1, 0.15) is 11.8 Å². The predicted molar refractivity (Wildman–Crippen MR) is 110 cm³/mol. The van der Waals surface area contributed by atoms with Gasteiger partial charge in [-0.1, -0.05) is 6.92 Å². The molecule has 0 aliphatic carbocycles. The van der Waals surface area contributed by atoms with E-state index in [1.165, 1.54) is 11.4 Å². The quantitative estimate of drug-likeness (QED) is 0.591. The highest BCUT2D eigenvalue weighted by Crippen LogP contribution is 2.27. The number of carbonyl (C=O) groups is 2. The Morgan fingerprint density at radius 3 is 2.21 bits per heavy atom. The number of piperidine rings is 1. The first-order valence-electron chi connectivity index (χ1n) is 9.81. The van der Waals surface area contributed by atoms with Gasteiger partial charge in [-0.05, 0) is 50.5 Å². The molecule has 0 saturated carbocycles. The van der Waals surface area contributed by atoms with Crippen molar-refractivity contribution < 1.29 is 27.5 Å². The van der Waals surface area contributed by atoms with Gasteiger partial charge in [0, 0.05) is 13.1 Å². The average molecular weight is 427 g/mol. The van der Waals surface area contributed by atoms with Gasteiger partial charge in [-0.2, -0.15) is 0 Å². The molecule has 8 nitrogen and oxygen atoms in total. The molecule has 1 heterocycles. The number of amides is 1. The van der Waals surface area contributed by atoms with Crippen LogP contribution in [0.3, 0.4) is 0 Å². The van der Waals surface area contributed by atoms with Crippen LogP contribution in [0.4, 0.5) is 5.69 Å². The Balaban J connectivity index is 2.20. The second-order valence-corrected chi connectivity index (χ2v) is 8.89. The van der Waals surface area contributed by atoms with Gasteiger partial charge in [0.2, 0.25) is 15.9 Å². The topological polar surface area (TPSA) is 93.2 Å². The standard InChI is InChI=1S/C20H30N2O6S/c1-5-18(19(23)21-13-11-15(12-14-21)20(24)28-6-2)22(29(4,25)26)16-7-9-17(27-3)10-8-16/h7-10,15,18H,5-6,11-14H2,1-4H3. The summed E-state index contributed by atoms with van der Waals surface area (Å²) in [7, 11) is -2.16. The third-order valence-electron chi connectivity index (χ3n) is 5.07. The van der Waals surface area contributed by atoms with Crippen molar-refractivity contribution in [3.8, 4) is 5.75 Å². The lowest BCUT2D eigenvalue weighted by Gasteiger charge is -2.37. The van der Waals surface area contributed by atoms with Crippen molar-refractivity contribution in [2.75, 3.05) is 37.4 Å². The number of rotatable bonds is 8. The third-order valence-corrected chi connectivity index (χ3v) is 6.25. The van der Waals surface area contributed by atoms with Gasteiger partial charge >= 0.3 is 5.97 Å². The number of ether oxygens (including phenoxy) is 2. The van der Waals surface area contributed by atoms with Gasteiger partial charge in [-0.25, -0.2) is 8.42 Å². The van der Waals surface area contributed by atoms with Crippen molar-refractivity contribution in [2.24, 2.45) is 5.92 Å². The lowest BCUT2D eigenvalue weighted by molar-refractivity contribution is -0.151. The maximum Gasteiger partial charge on any atom is 0.309 e. The number of hydrogen-bond donors (Lipinski definition) is 0. The van der Waals surface area contributed by atoms with Crippen LogP contribution in [0.25, 0.3) is 0 Å². The largest absolute Gasteiger partial charge is 0.497 e. The number of nitrogens with zero attached hydrogens (tertiary/aromatic N) is 2. The Bertz CT molecular complexity index is 801. The highest BCUT2D eigenvalue weighted by Gasteiger charge is 2.36. The minimum absolute atomic E-state index is 0.216. The van der Waals surface area contributed by atoms with E-state index in [1.54, 1.807) is 43.0 Å². The van der Waals surface area contributed by atoms with Gasteiger partial charge in [0.15, 0.2) is 0 Å². The Morgan fingerprint density at radius 1 is 1.17 bits per heavy atom. The van der Waals surface area contributed by atoms with E-state index in [4.69, 9.17) is 9.47 Å². The Labute approximate surface area is 172 Å². The van der Waals surface area contributed by atoms with Gasteiger partial charge in [0.25, 0.3) is 0 Å². The fourth-order valence-electron chi connectivity index (χ4n) is 3.58. The first-order chi connectivity index (χ1) is 13.7. The number of likely N-dealkylation sites (tertiary alicyclic amines) is 1. The molecule has 0 radical (unpaired) electrons. The number of hydrogen-bond acceptors (Lipinski definition) is 6. The first-order valence-corrected chi connectivity index (χ1v) is 11.7. The van der Waals surface area contributed by atoms with E-state index >= 15 is 0 Å². The number of anilines is 1. The van der Waals surface area contributed by atoms with E-state index < -0.39 is 16.1 Å². The van der Waals surface area contributed by atoms with Crippen molar-refractivity contribution in [1.29, 1.82) is 0 Å². The first kappa shape index (κ1) is 23.0. The summed E-state index contributed by atoms with van der Waals surface area (Å²) in [5.41, 5.74) is 0.412. The molecule has 1 fully saturated rings. The van der Waals surface area contributed by atoms with Crippen molar-refractivity contribution in [2.45, 2.75) is 39.2 Å². The number of sulfonamides is 1. The summed E-state index contributed by atoms with van der Waals surface area (Å²) in [6.07, 6.45) is 2.46. The van der Waals surface area contributed by atoms with Crippen molar-refractivity contribution in [3.63, 3.8) is 0 Å². The van der Waals surface area contributed by atoms with Crippen molar-refractivity contribution in [3.05, 3.63) is 24.3 Å². The smallest absolute Gasteiger partial charge is 0.309 e. The number of esters is 1. The number of benzene rings is 1. The molecule has 29 heavy (non-hydrogen) atoms. The van der Waals surface area contributed by atoms with Crippen LogP contribution in [0.2, 0.25) is 0 Å². The number of carbonyl (C=O) groups excluding carboxylic acids is 2. The molecule has 9 heteroatoms. The summed E-state index contributed by atoms with van der Waals surface area (Å²) >= 11 is 0. The lowest BCUT2D eigenvalue weighted by Crippen LogP contribution is -2.52. The molecule has 1 aliphatic rings. The summed E-state index contributed by atoms with van der Waals surface area (Å²) in [5.74, 6) is -0.104. The molecule has 1 atom stereocenters. The Hall–Kier alpha value is -2.29. The molecule has 0 bridgehead atoms. The zero-order valence-electron chi connectivity index (χ0n) is 17.5. The highest BCUT2D eigenvalue weighted by atomic mass is 32.2. The molecule has 0 N–H and O–H groups in total. The van der Waals surface area contributed by atoms with E-state index in [-0.39, 0.29) is 17.8 Å². The molecule has 0 aromatic heterocycles. The van der Waals surface area contributed by atoms with Crippen LogP contribution in [0.5, 0.6) is 5.75 Å². The average Bonchev–Trinajstić information content (AvgIpc) is 2.71. The van der Waals surface area contributed by atoms with Gasteiger partial charge in [-0.3, -0.25) is 13.9 Å². The predicted octanol–water partition coefficient (Wildman–Crippen LogP) is 2.04. The van der Waals surface area contributed by atoms with E-state index in [9.17, 15) is 18.0 Å². The van der Waals surface area contributed by atoms with Crippen molar-refractivity contribution in [1.82, 2.24) is 4.90 Å². The van der Waals surface area contributed by atoms with Crippen molar-refractivity contribution >= 4 is 27.6 Å². The van der Waals surface area contributed by atoms with E-state index in [1.807, 2.05) is 0 Å². The molecule has 1 amide bonds. The fraction of sp³-hybridized carbons (Fsp3) is 0.600. The zero-order chi connectivity index (χ0) is 21.6. The van der Waals surface area contributed by atoms with E-state index in [2.05, 4.69) is 0 Å². The third kappa shape index (κ3) is 5.62. The summed E-state index contributed by atoms with van der Waals surface area (Å²) in [4.78, 5) is 26.8. The van der Waals surface area contributed by atoms with Gasteiger partial charge < -0.3 is 14.4 Å². The summed E-state index contributed by atoms with van der Waals surface area (Å²) in [5, 5.41) is 0. The summed E-state index contributed by atoms with van der Waals surface area (Å²) in [6, 6.07) is 5.73. The lowest BCUT2D eigenvalue weighted by atomic mass is 9.96. The molecule has 1 aliphatic heterocycles. The van der Waals surface area contributed by atoms with Crippen LogP contribution in [-0.4, -0.2) is 64.3 Å². The summed E-state index contributed by atoms with van der Waals surface area (Å²) in [6.45, 7) is 4.69. The molecule has 1 unspecified atom stereocenters. The molecule has 162 valence electrons. The second kappa shape index (κ2) is 9.96. The van der Waals surface area contributed by atoms with Crippen LogP contribution in [0.1, 0.15) is 33.1 Å². The monoisotopic (exact) mass is 426 g/mol. The van der Waals surface area contributed by atoms with Crippen LogP contribution in [0, 0.1) is 5.92 Å². The molecule has 1 aromatic carbocycles. The maximum atomic E-state index is 13.2. The summed E-state index contributed by atoms with van der Waals surface area (Å²) < 4.78 is 36.5. The van der Waals surface area contributed by atoms with Gasteiger partial charge in [-0.15, -0.1) is 0 Å². The zero-order valence-corrected chi connectivity index (χ0v) is 18.3. The van der Waals surface area contributed by atoms with E-state index in [0.717, 1.165) is 6.26 Å². The Kier molecular flexibility index (Phi) is 7.89. The van der Waals surface area contributed by atoms with Gasteiger partial charge in [0.05, 0.1) is 31.6 Å². The Morgan fingerprint density at radius 2 is 1.76 bits per heavy atom. The normalized spacial score (nSPS) is 16.2. The number of methoxy groups -OCH3 is 1. The maximum absolute atomic E-state index is 13.2. The van der Waals surface area contributed by atoms with Crippen LogP contribution in [0.15, 0.2) is 24.3 Å². The highest BCUT2D eigenvalue weighted by molar-refractivity contribution is 7.92. The van der Waals surface area contributed by atoms with E-state index in [0.29, 0.717) is 50.4 Å². The van der Waals surface area contributed by atoms with Crippen LogP contribution < -0.4 is 9.04 Å².